The van der Waals surface area contributed by atoms with Crippen molar-refractivity contribution in [1.29, 1.82) is 0 Å². The molecule has 5 nitrogen and oxygen atoms in total. The van der Waals surface area contributed by atoms with Crippen LogP contribution in [0.2, 0.25) is 0 Å². The fourth-order valence-corrected chi connectivity index (χ4v) is 1.98. The molecule has 0 aromatic heterocycles. The molecule has 2 N–H and O–H groups in total. The maximum Gasteiger partial charge on any atom is 0.408 e. The molecule has 0 spiro atoms. The summed E-state index contributed by atoms with van der Waals surface area (Å²) in [5.41, 5.74) is 2.32. The maximum absolute atomic E-state index is 11.6. The summed E-state index contributed by atoms with van der Waals surface area (Å²) in [6, 6.07) is 14.7. The molecule has 0 saturated heterocycles. The number of alkyl carbamates (subject to hydrolysis) is 1. The highest BCUT2D eigenvalue weighted by atomic mass is 16.5. The zero-order valence-corrected chi connectivity index (χ0v) is 13.4. The van der Waals surface area contributed by atoms with E-state index in [9.17, 15) is 4.79 Å². The van der Waals surface area contributed by atoms with E-state index in [-0.39, 0.29) is 19.8 Å². The molecule has 124 valence electrons. The van der Waals surface area contributed by atoms with Gasteiger partial charge in [-0.05, 0) is 23.3 Å². The summed E-state index contributed by atoms with van der Waals surface area (Å²) in [5, 5.41) is 11.7. The van der Waals surface area contributed by atoms with Crippen molar-refractivity contribution in [3.8, 4) is 17.6 Å². The van der Waals surface area contributed by atoms with Crippen LogP contribution in [-0.4, -0.2) is 24.9 Å². The fourth-order valence-electron chi connectivity index (χ4n) is 1.98. The minimum atomic E-state index is -0.524. The van der Waals surface area contributed by atoms with E-state index in [4.69, 9.17) is 14.6 Å². The van der Waals surface area contributed by atoms with Crippen molar-refractivity contribution in [2.75, 3.05) is 13.7 Å². The third-order valence-electron chi connectivity index (χ3n) is 3.20. The Kier molecular flexibility index (Phi) is 6.69. The number of benzene rings is 2. The summed E-state index contributed by atoms with van der Waals surface area (Å²) in [6.45, 7) is 0.301. The summed E-state index contributed by atoms with van der Waals surface area (Å²) in [7, 11) is 1.55. The van der Waals surface area contributed by atoms with Crippen LogP contribution < -0.4 is 10.1 Å². The Morgan fingerprint density at radius 2 is 1.96 bits per heavy atom. The molecule has 0 radical (unpaired) electrons. The van der Waals surface area contributed by atoms with Gasteiger partial charge < -0.3 is 19.9 Å². The smallest absolute Gasteiger partial charge is 0.408 e. The van der Waals surface area contributed by atoms with Gasteiger partial charge in [0.1, 0.15) is 12.4 Å². The van der Waals surface area contributed by atoms with Gasteiger partial charge in [0.15, 0.2) is 0 Å². The zero-order chi connectivity index (χ0) is 17.2. The highest BCUT2D eigenvalue weighted by molar-refractivity contribution is 5.67. The van der Waals surface area contributed by atoms with Crippen LogP contribution in [0.15, 0.2) is 48.5 Å². The Labute approximate surface area is 141 Å². The van der Waals surface area contributed by atoms with Gasteiger partial charge in [-0.15, -0.1) is 0 Å². The van der Waals surface area contributed by atoms with Gasteiger partial charge in [-0.2, -0.15) is 0 Å². The zero-order valence-electron chi connectivity index (χ0n) is 13.4. The molecule has 0 bridgehead atoms. The summed E-state index contributed by atoms with van der Waals surface area (Å²) in [4.78, 5) is 11.6. The number of aliphatic hydroxyl groups excluding tert-OH is 1. The average molecular weight is 325 g/mol. The molecule has 0 heterocycles. The lowest BCUT2D eigenvalue weighted by atomic mass is 10.1. The Balaban J connectivity index is 1.84. The van der Waals surface area contributed by atoms with Crippen molar-refractivity contribution >= 4 is 6.09 Å². The molecular weight excluding hydrogens is 306 g/mol. The van der Waals surface area contributed by atoms with Crippen LogP contribution in [0.5, 0.6) is 5.75 Å². The molecular formula is C19H19NO4. The molecule has 2 rings (SSSR count). The predicted octanol–water partition coefficient (Wildman–Crippen LogP) is 2.47. The molecule has 0 aliphatic carbocycles. The molecule has 5 heteroatoms. The van der Waals surface area contributed by atoms with Crippen LogP contribution in [-0.2, 0) is 18.0 Å². The van der Waals surface area contributed by atoms with Crippen LogP contribution in [0.3, 0.4) is 0 Å². The minimum Gasteiger partial charge on any atom is -0.495 e. The molecule has 0 unspecified atom stereocenters. The molecule has 0 atom stereocenters. The second-order valence-electron chi connectivity index (χ2n) is 4.91. The van der Waals surface area contributed by atoms with Crippen LogP contribution >= 0.6 is 0 Å². The third-order valence-corrected chi connectivity index (χ3v) is 3.20. The van der Waals surface area contributed by atoms with Crippen molar-refractivity contribution in [2.24, 2.45) is 0 Å². The van der Waals surface area contributed by atoms with Gasteiger partial charge in [0.05, 0.1) is 25.8 Å². The number of carbonyl (C=O) groups excluding carboxylic acids is 1. The molecule has 0 aliphatic heterocycles. The lowest BCUT2D eigenvalue weighted by Crippen LogP contribution is -2.24. The number of methoxy groups -OCH3 is 1. The monoisotopic (exact) mass is 325 g/mol. The maximum atomic E-state index is 11.6. The molecule has 0 saturated carbocycles. The van der Waals surface area contributed by atoms with Crippen molar-refractivity contribution in [3.63, 3.8) is 0 Å². The van der Waals surface area contributed by atoms with Crippen molar-refractivity contribution in [3.05, 3.63) is 65.2 Å². The van der Waals surface area contributed by atoms with Crippen LogP contribution in [0.4, 0.5) is 4.79 Å². The van der Waals surface area contributed by atoms with E-state index in [1.165, 1.54) is 0 Å². The van der Waals surface area contributed by atoms with Gasteiger partial charge in [0.25, 0.3) is 0 Å². The molecule has 24 heavy (non-hydrogen) atoms. The SMILES string of the molecule is COc1ccc(CO)cc1C#CCNC(=O)OCc1ccccc1. The second-order valence-corrected chi connectivity index (χ2v) is 4.91. The standard InChI is InChI=1S/C19H19NO4/c1-23-18-10-9-16(13-21)12-17(18)8-5-11-20-19(22)24-14-15-6-3-2-4-7-15/h2-4,6-7,9-10,12,21H,11,13-14H2,1H3,(H,20,22). The second kappa shape index (κ2) is 9.23. The largest absolute Gasteiger partial charge is 0.495 e. The van der Waals surface area contributed by atoms with Crippen LogP contribution in [0.1, 0.15) is 16.7 Å². The topological polar surface area (TPSA) is 67.8 Å². The lowest BCUT2D eigenvalue weighted by Gasteiger charge is -2.05. The van der Waals surface area contributed by atoms with Gasteiger partial charge in [0.2, 0.25) is 0 Å². The number of aliphatic hydroxyl groups is 1. The third kappa shape index (κ3) is 5.34. The van der Waals surface area contributed by atoms with E-state index in [0.717, 1.165) is 11.1 Å². The van der Waals surface area contributed by atoms with E-state index in [1.807, 2.05) is 30.3 Å². The number of carbonyl (C=O) groups is 1. The van der Waals surface area contributed by atoms with Gasteiger partial charge in [-0.25, -0.2) is 4.79 Å². The Bertz CT molecular complexity index is 732. The van der Waals surface area contributed by atoms with Gasteiger partial charge in [-0.3, -0.25) is 0 Å². The average Bonchev–Trinajstić information content (AvgIpc) is 2.64. The van der Waals surface area contributed by atoms with E-state index >= 15 is 0 Å². The number of ether oxygens (including phenoxy) is 2. The predicted molar refractivity (Wildman–Crippen MR) is 90.4 cm³/mol. The summed E-state index contributed by atoms with van der Waals surface area (Å²) >= 11 is 0. The number of amides is 1. The van der Waals surface area contributed by atoms with Gasteiger partial charge >= 0.3 is 6.09 Å². The van der Waals surface area contributed by atoms with Crippen molar-refractivity contribution < 1.29 is 19.4 Å². The normalized spacial score (nSPS) is 9.58. The van der Waals surface area contributed by atoms with Crippen molar-refractivity contribution in [2.45, 2.75) is 13.2 Å². The Morgan fingerprint density at radius 1 is 1.17 bits per heavy atom. The molecule has 1 amide bonds. The van der Waals surface area contributed by atoms with E-state index < -0.39 is 6.09 Å². The first-order chi connectivity index (χ1) is 11.7. The van der Waals surface area contributed by atoms with E-state index in [0.29, 0.717) is 11.3 Å². The molecule has 0 aliphatic rings. The Hall–Kier alpha value is -2.97. The highest BCUT2D eigenvalue weighted by Crippen LogP contribution is 2.18. The number of hydrogen-bond donors (Lipinski definition) is 2. The number of rotatable bonds is 5. The minimum absolute atomic E-state index is 0.0667. The summed E-state index contributed by atoms with van der Waals surface area (Å²) in [5.74, 6) is 6.36. The molecule has 2 aromatic carbocycles. The van der Waals surface area contributed by atoms with Crippen molar-refractivity contribution in [1.82, 2.24) is 5.32 Å². The van der Waals surface area contributed by atoms with E-state index in [1.54, 1.807) is 25.3 Å². The van der Waals surface area contributed by atoms with Crippen LogP contribution in [0, 0.1) is 11.8 Å². The molecule has 0 fully saturated rings. The van der Waals surface area contributed by atoms with Crippen LogP contribution in [0.25, 0.3) is 0 Å². The van der Waals surface area contributed by atoms with Gasteiger partial charge in [-0.1, -0.05) is 48.2 Å². The first-order valence-corrected chi connectivity index (χ1v) is 7.44. The summed E-state index contributed by atoms with van der Waals surface area (Å²) in [6.07, 6.45) is -0.524. The van der Waals surface area contributed by atoms with Gasteiger partial charge in [0, 0.05) is 0 Å². The Morgan fingerprint density at radius 3 is 2.67 bits per heavy atom. The molecule has 2 aromatic rings. The number of nitrogens with one attached hydrogen (secondary N) is 1. The first kappa shape index (κ1) is 17.4. The highest BCUT2D eigenvalue weighted by Gasteiger charge is 2.02. The van der Waals surface area contributed by atoms with E-state index in [2.05, 4.69) is 17.2 Å². The first-order valence-electron chi connectivity index (χ1n) is 7.44. The summed E-state index contributed by atoms with van der Waals surface area (Å²) < 4.78 is 10.3. The lowest BCUT2D eigenvalue weighted by molar-refractivity contribution is 0.141. The fraction of sp³-hybridized carbons (Fsp3) is 0.211. The number of hydrogen-bond acceptors (Lipinski definition) is 4. The quantitative estimate of drug-likeness (QED) is 0.829.